The minimum atomic E-state index is 0.0377. The predicted molar refractivity (Wildman–Crippen MR) is 92.2 cm³/mol. The second kappa shape index (κ2) is 8.23. The molecule has 2 aromatic carbocycles. The van der Waals surface area contributed by atoms with Crippen LogP contribution in [0.15, 0.2) is 48.5 Å². The van der Waals surface area contributed by atoms with E-state index in [1.165, 1.54) is 5.56 Å². The molecule has 2 aromatic rings. The first-order valence-corrected chi connectivity index (χ1v) is 7.77. The summed E-state index contributed by atoms with van der Waals surface area (Å²) >= 11 is 0. The Kier molecular flexibility index (Phi) is 6.01. The first-order valence-electron chi connectivity index (χ1n) is 7.77. The lowest BCUT2D eigenvalue weighted by molar-refractivity contribution is -0.119. The highest BCUT2D eigenvalue weighted by molar-refractivity contribution is 5.81. The number of carbonyl (C=O) groups excluding carboxylic acids is 1. The first kappa shape index (κ1) is 16.1. The molecule has 0 spiro atoms. The third-order valence-electron chi connectivity index (χ3n) is 3.71. The van der Waals surface area contributed by atoms with Crippen molar-refractivity contribution in [2.45, 2.75) is 26.7 Å². The van der Waals surface area contributed by atoms with Crippen molar-refractivity contribution < 1.29 is 4.79 Å². The highest BCUT2D eigenvalue weighted by atomic mass is 16.1. The Labute approximate surface area is 132 Å². The zero-order valence-electron chi connectivity index (χ0n) is 13.4. The molecule has 0 aliphatic carbocycles. The minimum Gasteiger partial charge on any atom is -0.376 e. The molecule has 0 heterocycles. The van der Waals surface area contributed by atoms with Crippen molar-refractivity contribution >= 4 is 11.6 Å². The lowest BCUT2D eigenvalue weighted by Gasteiger charge is -2.12. The molecule has 3 nitrogen and oxygen atoms in total. The van der Waals surface area contributed by atoms with Gasteiger partial charge in [-0.25, -0.2) is 0 Å². The van der Waals surface area contributed by atoms with Gasteiger partial charge in [0.2, 0.25) is 5.91 Å². The molecule has 2 rings (SSSR count). The van der Waals surface area contributed by atoms with Gasteiger partial charge < -0.3 is 10.6 Å². The van der Waals surface area contributed by atoms with E-state index in [1.54, 1.807) is 0 Å². The van der Waals surface area contributed by atoms with Crippen molar-refractivity contribution in [1.82, 2.24) is 5.32 Å². The van der Waals surface area contributed by atoms with Crippen LogP contribution < -0.4 is 10.6 Å². The Morgan fingerprint density at radius 1 is 0.955 bits per heavy atom. The molecule has 116 valence electrons. The number of para-hydroxylation sites is 1. The lowest BCUT2D eigenvalue weighted by Crippen LogP contribution is -2.31. The van der Waals surface area contributed by atoms with Gasteiger partial charge in [-0.3, -0.25) is 4.79 Å². The molecular formula is C19H24N2O. The summed E-state index contributed by atoms with van der Waals surface area (Å²) in [5.41, 5.74) is 4.70. The van der Waals surface area contributed by atoms with Gasteiger partial charge in [0.1, 0.15) is 0 Å². The number of benzene rings is 2. The molecule has 1 amide bonds. The van der Waals surface area contributed by atoms with Crippen LogP contribution in [0.4, 0.5) is 5.69 Å². The number of nitrogens with one attached hydrogen (secondary N) is 2. The summed E-state index contributed by atoms with van der Waals surface area (Å²) in [6.45, 7) is 5.12. The second-order valence-corrected chi connectivity index (χ2v) is 5.56. The van der Waals surface area contributed by atoms with Crippen LogP contribution in [-0.2, 0) is 11.2 Å². The molecule has 0 bridgehead atoms. The topological polar surface area (TPSA) is 41.1 Å². The largest absolute Gasteiger partial charge is 0.376 e. The minimum absolute atomic E-state index is 0.0377. The fourth-order valence-electron chi connectivity index (χ4n) is 2.49. The van der Waals surface area contributed by atoms with Gasteiger partial charge in [0.15, 0.2) is 0 Å². The summed E-state index contributed by atoms with van der Waals surface area (Å²) in [5, 5.41) is 6.19. The molecular weight excluding hydrogens is 272 g/mol. The highest BCUT2D eigenvalue weighted by Crippen LogP contribution is 2.18. The molecule has 0 aliphatic heterocycles. The van der Waals surface area contributed by atoms with Gasteiger partial charge in [0.05, 0.1) is 6.54 Å². The van der Waals surface area contributed by atoms with E-state index >= 15 is 0 Å². The van der Waals surface area contributed by atoms with Crippen LogP contribution in [0.1, 0.15) is 23.1 Å². The Balaban J connectivity index is 1.68. The van der Waals surface area contributed by atoms with Crippen LogP contribution in [0.3, 0.4) is 0 Å². The number of hydrogen-bond acceptors (Lipinski definition) is 2. The van der Waals surface area contributed by atoms with Gasteiger partial charge in [-0.15, -0.1) is 0 Å². The van der Waals surface area contributed by atoms with E-state index in [0.717, 1.165) is 29.7 Å². The smallest absolute Gasteiger partial charge is 0.239 e. The SMILES string of the molecule is Cc1cccc(C)c1NCC(=O)NCCCc1ccccc1. The maximum Gasteiger partial charge on any atom is 0.239 e. The molecule has 0 aliphatic rings. The van der Waals surface area contributed by atoms with E-state index in [2.05, 4.69) is 22.8 Å². The van der Waals surface area contributed by atoms with Crippen molar-refractivity contribution in [3.8, 4) is 0 Å². The Hall–Kier alpha value is -2.29. The summed E-state index contributed by atoms with van der Waals surface area (Å²) in [6.07, 6.45) is 1.95. The zero-order chi connectivity index (χ0) is 15.8. The van der Waals surface area contributed by atoms with Crippen LogP contribution in [0, 0.1) is 13.8 Å². The third kappa shape index (κ3) is 4.92. The summed E-state index contributed by atoms with van der Waals surface area (Å²) in [7, 11) is 0. The van der Waals surface area contributed by atoms with Gasteiger partial charge in [-0.2, -0.15) is 0 Å². The number of carbonyl (C=O) groups is 1. The fraction of sp³-hybridized carbons (Fsp3) is 0.316. The van der Waals surface area contributed by atoms with Crippen molar-refractivity contribution in [2.75, 3.05) is 18.4 Å². The van der Waals surface area contributed by atoms with Crippen LogP contribution in [0.5, 0.6) is 0 Å². The highest BCUT2D eigenvalue weighted by Gasteiger charge is 2.04. The first-order chi connectivity index (χ1) is 10.7. The number of aryl methyl sites for hydroxylation is 3. The van der Waals surface area contributed by atoms with Gasteiger partial charge >= 0.3 is 0 Å². The van der Waals surface area contributed by atoms with E-state index in [1.807, 2.05) is 50.2 Å². The molecule has 0 aromatic heterocycles. The van der Waals surface area contributed by atoms with Crippen LogP contribution in [-0.4, -0.2) is 19.0 Å². The van der Waals surface area contributed by atoms with E-state index < -0.39 is 0 Å². The van der Waals surface area contributed by atoms with E-state index in [9.17, 15) is 4.79 Å². The molecule has 0 atom stereocenters. The fourth-order valence-corrected chi connectivity index (χ4v) is 2.49. The van der Waals surface area contributed by atoms with Crippen molar-refractivity contribution in [1.29, 1.82) is 0 Å². The molecule has 3 heteroatoms. The molecule has 0 fully saturated rings. The summed E-state index contributed by atoms with van der Waals surface area (Å²) in [4.78, 5) is 11.9. The summed E-state index contributed by atoms with van der Waals surface area (Å²) in [5.74, 6) is 0.0377. The number of rotatable bonds is 7. The van der Waals surface area contributed by atoms with Crippen molar-refractivity contribution in [3.05, 3.63) is 65.2 Å². The van der Waals surface area contributed by atoms with E-state index in [-0.39, 0.29) is 5.91 Å². The molecule has 22 heavy (non-hydrogen) atoms. The Morgan fingerprint density at radius 3 is 2.32 bits per heavy atom. The number of hydrogen-bond donors (Lipinski definition) is 2. The molecule has 0 unspecified atom stereocenters. The van der Waals surface area contributed by atoms with Gasteiger partial charge in [-0.05, 0) is 43.4 Å². The molecule has 2 N–H and O–H groups in total. The third-order valence-corrected chi connectivity index (χ3v) is 3.71. The monoisotopic (exact) mass is 296 g/mol. The van der Waals surface area contributed by atoms with Gasteiger partial charge in [0, 0.05) is 12.2 Å². The lowest BCUT2D eigenvalue weighted by atomic mass is 10.1. The normalized spacial score (nSPS) is 10.3. The number of anilines is 1. The second-order valence-electron chi connectivity index (χ2n) is 5.56. The predicted octanol–water partition coefficient (Wildman–Crippen LogP) is 3.46. The zero-order valence-corrected chi connectivity index (χ0v) is 13.4. The average Bonchev–Trinajstić information content (AvgIpc) is 2.52. The van der Waals surface area contributed by atoms with E-state index in [0.29, 0.717) is 13.1 Å². The van der Waals surface area contributed by atoms with Gasteiger partial charge in [-0.1, -0.05) is 48.5 Å². The van der Waals surface area contributed by atoms with Crippen LogP contribution in [0.2, 0.25) is 0 Å². The maximum absolute atomic E-state index is 11.9. The number of amides is 1. The van der Waals surface area contributed by atoms with Crippen LogP contribution in [0.25, 0.3) is 0 Å². The molecule has 0 saturated heterocycles. The standard InChI is InChI=1S/C19H24N2O/c1-15-8-6-9-16(2)19(15)21-14-18(22)20-13-7-12-17-10-4-3-5-11-17/h3-6,8-11,21H,7,12-14H2,1-2H3,(H,20,22). The van der Waals surface area contributed by atoms with Gasteiger partial charge in [0.25, 0.3) is 0 Å². The summed E-state index contributed by atoms with van der Waals surface area (Å²) < 4.78 is 0. The quantitative estimate of drug-likeness (QED) is 0.768. The maximum atomic E-state index is 11.9. The molecule has 0 radical (unpaired) electrons. The van der Waals surface area contributed by atoms with Crippen molar-refractivity contribution in [2.24, 2.45) is 0 Å². The summed E-state index contributed by atoms with van der Waals surface area (Å²) in [6, 6.07) is 16.5. The van der Waals surface area contributed by atoms with Crippen LogP contribution >= 0.6 is 0 Å². The average molecular weight is 296 g/mol. The van der Waals surface area contributed by atoms with Crippen molar-refractivity contribution in [3.63, 3.8) is 0 Å². The Bertz CT molecular complexity index is 588. The Morgan fingerprint density at radius 2 is 1.64 bits per heavy atom. The van der Waals surface area contributed by atoms with E-state index in [4.69, 9.17) is 0 Å². The molecule has 0 saturated carbocycles.